The molecule has 17 heavy (non-hydrogen) atoms. The molecular weight excluding hydrogens is 216 g/mol. The summed E-state index contributed by atoms with van der Waals surface area (Å²) in [6.45, 7) is 4.12. The van der Waals surface area contributed by atoms with Gasteiger partial charge < -0.3 is 10.1 Å². The zero-order valence-electron chi connectivity index (χ0n) is 10.1. The summed E-state index contributed by atoms with van der Waals surface area (Å²) < 4.78 is 4.97. The number of benzene rings is 1. The van der Waals surface area contributed by atoms with Gasteiger partial charge in [0.05, 0.1) is 24.9 Å². The maximum absolute atomic E-state index is 11.5. The van der Waals surface area contributed by atoms with Crippen LogP contribution in [0.4, 0.5) is 5.69 Å². The normalized spacial score (nSPS) is 17.8. The van der Waals surface area contributed by atoms with E-state index >= 15 is 0 Å². The Balaban J connectivity index is 2.20. The molecule has 0 bridgehead atoms. The average molecular weight is 232 g/mol. The molecule has 1 heterocycles. The number of aliphatic imine (C=N–C) groups is 1. The predicted molar refractivity (Wildman–Crippen MR) is 67.2 cm³/mol. The van der Waals surface area contributed by atoms with Crippen LogP contribution in [0.1, 0.15) is 31.9 Å². The molecule has 2 rings (SSSR count). The number of hydrogen-bond donors (Lipinski definition) is 1. The summed E-state index contributed by atoms with van der Waals surface area (Å²) in [5, 5.41) is 3.19. The van der Waals surface area contributed by atoms with Crippen LogP contribution in [0, 0.1) is 0 Å². The molecule has 90 valence electrons. The third-order valence-electron chi connectivity index (χ3n) is 2.65. The summed E-state index contributed by atoms with van der Waals surface area (Å²) in [5.41, 5.74) is 2.07. The van der Waals surface area contributed by atoms with Crippen LogP contribution in [0.3, 0.4) is 0 Å². The van der Waals surface area contributed by atoms with Gasteiger partial charge in [-0.3, -0.25) is 9.79 Å². The quantitative estimate of drug-likeness (QED) is 0.815. The fourth-order valence-electron chi connectivity index (χ4n) is 1.97. The molecule has 1 aromatic rings. The number of hydrogen-bond acceptors (Lipinski definition) is 4. The first-order valence-electron chi connectivity index (χ1n) is 5.76. The third kappa shape index (κ3) is 2.64. The fraction of sp³-hybridized carbons (Fsp3) is 0.385. The van der Waals surface area contributed by atoms with Gasteiger partial charge in [0.15, 0.2) is 0 Å². The van der Waals surface area contributed by atoms with E-state index in [0.717, 1.165) is 17.1 Å². The van der Waals surface area contributed by atoms with Crippen LogP contribution in [-0.2, 0) is 9.53 Å². The van der Waals surface area contributed by atoms with Gasteiger partial charge >= 0.3 is 5.97 Å². The van der Waals surface area contributed by atoms with Crippen molar-refractivity contribution < 1.29 is 9.53 Å². The number of rotatable bonds is 3. The molecule has 4 heteroatoms. The van der Waals surface area contributed by atoms with Gasteiger partial charge in [-0.2, -0.15) is 0 Å². The molecule has 1 N–H and O–H groups in total. The maximum Gasteiger partial charge on any atom is 0.308 e. The number of amidine groups is 1. The van der Waals surface area contributed by atoms with Crippen molar-refractivity contribution in [3.8, 4) is 0 Å². The lowest BCUT2D eigenvalue weighted by Gasteiger charge is -2.23. The van der Waals surface area contributed by atoms with Crippen molar-refractivity contribution >= 4 is 17.5 Å². The van der Waals surface area contributed by atoms with Gasteiger partial charge in [0, 0.05) is 11.3 Å². The molecule has 0 aliphatic carbocycles. The van der Waals surface area contributed by atoms with Crippen molar-refractivity contribution in [1.29, 1.82) is 0 Å². The minimum atomic E-state index is -0.203. The van der Waals surface area contributed by atoms with Crippen molar-refractivity contribution in [2.75, 3.05) is 11.9 Å². The monoisotopic (exact) mass is 232 g/mol. The molecular formula is C13H16N2O2. The third-order valence-corrected chi connectivity index (χ3v) is 2.65. The van der Waals surface area contributed by atoms with E-state index in [1.807, 2.05) is 38.1 Å². The van der Waals surface area contributed by atoms with Crippen LogP contribution in [0.2, 0.25) is 0 Å². The van der Waals surface area contributed by atoms with Crippen molar-refractivity contribution in [2.24, 2.45) is 4.99 Å². The summed E-state index contributed by atoms with van der Waals surface area (Å²) in [6.07, 6.45) is 0.296. The number of ether oxygens (including phenoxy) is 1. The SMILES string of the molecule is CCOC(=O)CC1N=C(C)Nc2ccccc21. The zero-order valence-corrected chi connectivity index (χ0v) is 10.1. The number of nitrogens with one attached hydrogen (secondary N) is 1. The Labute approximate surface area is 101 Å². The van der Waals surface area contributed by atoms with Crippen molar-refractivity contribution in [1.82, 2.24) is 0 Å². The lowest BCUT2D eigenvalue weighted by molar-refractivity contribution is -0.143. The van der Waals surface area contributed by atoms with E-state index in [1.165, 1.54) is 0 Å². The highest BCUT2D eigenvalue weighted by Crippen LogP contribution is 2.32. The molecule has 1 aromatic carbocycles. The lowest BCUT2D eigenvalue weighted by Crippen LogP contribution is -2.20. The highest BCUT2D eigenvalue weighted by atomic mass is 16.5. The Morgan fingerprint density at radius 2 is 2.24 bits per heavy atom. The topological polar surface area (TPSA) is 50.7 Å². The van der Waals surface area contributed by atoms with E-state index in [0.29, 0.717) is 13.0 Å². The zero-order chi connectivity index (χ0) is 12.3. The Morgan fingerprint density at radius 3 is 3.00 bits per heavy atom. The van der Waals surface area contributed by atoms with Gasteiger partial charge in [0.2, 0.25) is 0 Å². The minimum absolute atomic E-state index is 0.133. The first-order chi connectivity index (χ1) is 8.20. The summed E-state index contributed by atoms with van der Waals surface area (Å²) in [5.74, 6) is 0.628. The molecule has 1 atom stereocenters. The van der Waals surface area contributed by atoms with Gasteiger partial charge in [0.25, 0.3) is 0 Å². The molecule has 0 spiro atoms. The van der Waals surface area contributed by atoms with Gasteiger partial charge in [-0.1, -0.05) is 18.2 Å². The van der Waals surface area contributed by atoms with E-state index in [9.17, 15) is 4.79 Å². The lowest BCUT2D eigenvalue weighted by atomic mass is 10.0. The summed E-state index contributed by atoms with van der Waals surface area (Å²) in [7, 11) is 0. The molecule has 0 saturated heterocycles. The first kappa shape index (κ1) is 11.6. The van der Waals surface area contributed by atoms with Crippen LogP contribution in [0.15, 0.2) is 29.3 Å². The molecule has 0 radical (unpaired) electrons. The van der Waals surface area contributed by atoms with E-state index in [2.05, 4.69) is 10.3 Å². The molecule has 0 fully saturated rings. The number of para-hydroxylation sites is 1. The van der Waals surface area contributed by atoms with Gasteiger partial charge in [-0.25, -0.2) is 0 Å². The van der Waals surface area contributed by atoms with E-state index in [4.69, 9.17) is 4.74 Å². The molecule has 0 aromatic heterocycles. The largest absolute Gasteiger partial charge is 0.466 e. The van der Waals surface area contributed by atoms with Gasteiger partial charge in [0.1, 0.15) is 0 Å². The van der Waals surface area contributed by atoms with Crippen LogP contribution in [-0.4, -0.2) is 18.4 Å². The summed E-state index contributed by atoms with van der Waals surface area (Å²) in [4.78, 5) is 16.0. The first-order valence-corrected chi connectivity index (χ1v) is 5.76. The molecule has 0 saturated carbocycles. The minimum Gasteiger partial charge on any atom is -0.466 e. The highest BCUT2D eigenvalue weighted by Gasteiger charge is 2.22. The highest BCUT2D eigenvalue weighted by molar-refractivity contribution is 5.96. The maximum atomic E-state index is 11.5. The molecule has 1 aliphatic rings. The number of carbonyl (C=O) groups is 1. The van der Waals surface area contributed by atoms with Crippen LogP contribution in [0.5, 0.6) is 0 Å². The number of nitrogens with zero attached hydrogens (tertiary/aromatic N) is 1. The molecule has 1 unspecified atom stereocenters. The molecule has 0 amide bonds. The Bertz CT molecular complexity index is 454. The van der Waals surface area contributed by atoms with Gasteiger partial charge in [-0.15, -0.1) is 0 Å². The number of fused-ring (bicyclic) bond motifs is 1. The van der Waals surface area contributed by atoms with Crippen LogP contribution in [0.25, 0.3) is 0 Å². The Morgan fingerprint density at radius 1 is 1.47 bits per heavy atom. The second-order valence-electron chi connectivity index (χ2n) is 3.95. The predicted octanol–water partition coefficient (Wildman–Crippen LogP) is 2.52. The summed E-state index contributed by atoms with van der Waals surface area (Å²) in [6, 6.07) is 7.76. The van der Waals surface area contributed by atoms with Crippen molar-refractivity contribution in [2.45, 2.75) is 26.3 Å². The van der Waals surface area contributed by atoms with Crippen molar-refractivity contribution in [3.05, 3.63) is 29.8 Å². The fourth-order valence-corrected chi connectivity index (χ4v) is 1.97. The smallest absolute Gasteiger partial charge is 0.308 e. The van der Waals surface area contributed by atoms with Crippen molar-refractivity contribution in [3.63, 3.8) is 0 Å². The number of carbonyl (C=O) groups excluding carboxylic acids is 1. The van der Waals surface area contributed by atoms with E-state index in [1.54, 1.807) is 0 Å². The summed E-state index contributed by atoms with van der Waals surface area (Å²) >= 11 is 0. The number of anilines is 1. The number of esters is 1. The Kier molecular flexibility index (Phi) is 3.42. The van der Waals surface area contributed by atoms with Crippen LogP contribution >= 0.6 is 0 Å². The second-order valence-corrected chi connectivity index (χ2v) is 3.95. The van der Waals surface area contributed by atoms with Crippen LogP contribution < -0.4 is 5.32 Å². The van der Waals surface area contributed by atoms with E-state index < -0.39 is 0 Å². The molecule has 4 nitrogen and oxygen atoms in total. The second kappa shape index (κ2) is 4.99. The van der Waals surface area contributed by atoms with Gasteiger partial charge in [-0.05, 0) is 19.9 Å². The molecule has 1 aliphatic heterocycles. The standard InChI is InChI=1S/C13H16N2O2/c1-3-17-13(16)8-12-10-6-4-5-7-11(10)14-9(2)15-12/h4-7,12H,3,8H2,1-2H3,(H,14,15). The Hall–Kier alpha value is -1.84. The average Bonchev–Trinajstić information content (AvgIpc) is 2.29. The van der Waals surface area contributed by atoms with E-state index in [-0.39, 0.29) is 12.0 Å².